The van der Waals surface area contributed by atoms with Crippen LogP contribution in [0, 0.1) is 5.92 Å². The number of carbonyl (C=O) groups is 2. The molecule has 0 spiro atoms. The van der Waals surface area contributed by atoms with Crippen molar-refractivity contribution in [2.75, 3.05) is 6.61 Å². The number of carboxylic acid groups (broad SMARTS) is 1. The smallest absolute Gasteiger partial charge is 0.336 e. The molecule has 0 aromatic rings. The van der Waals surface area contributed by atoms with Crippen molar-refractivity contribution in [2.45, 2.75) is 63.3 Å². The van der Waals surface area contributed by atoms with Crippen LogP contribution in [0.5, 0.6) is 0 Å². The molecule has 23 heavy (non-hydrogen) atoms. The highest BCUT2D eigenvalue weighted by atomic mass is 16.6. The monoisotopic (exact) mass is 336 g/mol. The van der Waals surface area contributed by atoms with Gasteiger partial charge in [-0.15, -0.1) is 0 Å². The van der Waals surface area contributed by atoms with Crippen LogP contribution in [-0.4, -0.2) is 80.2 Å². The molecule has 9 heteroatoms. The number of aliphatic hydroxyl groups is 4. The molecule has 0 radical (unpaired) electrons. The Morgan fingerprint density at radius 1 is 1.35 bits per heavy atom. The summed E-state index contributed by atoms with van der Waals surface area (Å²) in [5.74, 6) is -2.69. The fourth-order valence-corrected chi connectivity index (χ4v) is 2.68. The summed E-state index contributed by atoms with van der Waals surface area (Å²) in [6, 6.07) is 0. The Morgan fingerprint density at radius 3 is 2.30 bits per heavy atom. The van der Waals surface area contributed by atoms with Gasteiger partial charge in [-0.05, 0) is 5.92 Å². The van der Waals surface area contributed by atoms with Gasteiger partial charge in [-0.1, -0.05) is 13.8 Å². The lowest BCUT2D eigenvalue weighted by Crippen LogP contribution is -2.64. The number of hydrogen-bond acceptors (Lipinski definition) is 8. The molecule has 1 fully saturated rings. The van der Waals surface area contributed by atoms with E-state index in [4.69, 9.17) is 9.47 Å². The predicted molar refractivity (Wildman–Crippen MR) is 75.4 cm³/mol. The molecule has 0 bridgehead atoms. The van der Waals surface area contributed by atoms with E-state index in [-0.39, 0.29) is 6.42 Å². The summed E-state index contributed by atoms with van der Waals surface area (Å²) in [6.45, 7) is 3.44. The summed E-state index contributed by atoms with van der Waals surface area (Å²) in [4.78, 5) is 22.6. The highest BCUT2D eigenvalue weighted by Crippen LogP contribution is 2.37. The molecular weight excluding hydrogens is 312 g/mol. The van der Waals surface area contributed by atoms with E-state index in [1.54, 1.807) is 13.8 Å². The van der Waals surface area contributed by atoms with Gasteiger partial charge in [0.2, 0.25) is 0 Å². The minimum absolute atomic E-state index is 0.359. The van der Waals surface area contributed by atoms with Gasteiger partial charge in [0.05, 0.1) is 12.7 Å². The normalized spacial score (nSPS) is 34.0. The van der Waals surface area contributed by atoms with Crippen molar-refractivity contribution in [1.29, 1.82) is 0 Å². The lowest BCUT2D eigenvalue weighted by Gasteiger charge is -2.47. The van der Waals surface area contributed by atoms with E-state index in [9.17, 15) is 35.1 Å². The number of aliphatic hydroxyl groups excluding tert-OH is 4. The van der Waals surface area contributed by atoms with Gasteiger partial charge in [0.15, 0.2) is 11.7 Å². The van der Waals surface area contributed by atoms with Crippen molar-refractivity contribution < 1.29 is 44.6 Å². The van der Waals surface area contributed by atoms with E-state index in [2.05, 4.69) is 0 Å². The number of esters is 1. The van der Waals surface area contributed by atoms with Crippen LogP contribution in [0.3, 0.4) is 0 Å². The van der Waals surface area contributed by atoms with E-state index in [1.807, 2.05) is 0 Å². The summed E-state index contributed by atoms with van der Waals surface area (Å²) in [5, 5.41) is 49.0. The maximum absolute atomic E-state index is 11.6. The topological polar surface area (TPSA) is 154 Å². The second kappa shape index (κ2) is 7.54. The van der Waals surface area contributed by atoms with Crippen LogP contribution in [0.25, 0.3) is 0 Å². The van der Waals surface area contributed by atoms with Gasteiger partial charge in [-0.25, -0.2) is 4.79 Å². The molecule has 0 aromatic heterocycles. The molecule has 0 saturated carbocycles. The molecule has 0 aliphatic carbocycles. The number of aliphatic carboxylic acids is 1. The SMILES string of the molecule is CC(=O)O[C@H](CO)[C@@H](O)C1O[C@](C(=O)O)(C(C)C)CC(O)[C@H]1O. The van der Waals surface area contributed by atoms with Gasteiger partial charge in [0, 0.05) is 13.3 Å². The zero-order valence-corrected chi connectivity index (χ0v) is 13.2. The zero-order chi connectivity index (χ0) is 17.9. The summed E-state index contributed by atoms with van der Waals surface area (Å²) >= 11 is 0. The Hall–Kier alpha value is -1.26. The Labute approximate surface area is 133 Å². The third-order valence-electron chi connectivity index (χ3n) is 4.10. The fraction of sp³-hybridized carbons (Fsp3) is 0.857. The van der Waals surface area contributed by atoms with E-state index in [0.29, 0.717) is 0 Å². The first-order chi connectivity index (χ1) is 10.6. The highest BCUT2D eigenvalue weighted by molar-refractivity contribution is 5.78. The molecule has 1 rings (SSSR count). The third kappa shape index (κ3) is 3.99. The number of hydrogen-bond donors (Lipinski definition) is 5. The lowest BCUT2D eigenvalue weighted by atomic mass is 9.78. The fourth-order valence-electron chi connectivity index (χ4n) is 2.68. The molecule has 1 aliphatic rings. The average molecular weight is 336 g/mol. The number of ether oxygens (including phenoxy) is 2. The van der Waals surface area contributed by atoms with Gasteiger partial charge in [0.25, 0.3) is 0 Å². The summed E-state index contributed by atoms with van der Waals surface area (Å²) in [6.07, 6.45) is -8.10. The Balaban J connectivity index is 3.11. The predicted octanol–water partition coefficient (Wildman–Crippen LogP) is -1.74. The molecule has 1 heterocycles. The minimum Gasteiger partial charge on any atom is -0.479 e. The van der Waals surface area contributed by atoms with E-state index in [1.165, 1.54) is 0 Å². The molecule has 5 N–H and O–H groups in total. The largest absolute Gasteiger partial charge is 0.479 e. The molecule has 9 nitrogen and oxygen atoms in total. The van der Waals surface area contributed by atoms with Gasteiger partial charge < -0.3 is 35.0 Å². The summed E-state index contributed by atoms with van der Waals surface area (Å²) < 4.78 is 10.2. The van der Waals surface area contributed by atoms with E-state index >= 15 is 0 Å². The van der Waals surface area contributed by atoms with Crippen LogP contribution in [0.15, 0.2) is 0 Å². The molecule has 6 atom stereocenters. The van der Waals surface area contributed by atoms with Gasteiger partial charge >= 0.3 is 11.9 Å². The van der Waals surface area contributed by atoms with Crippen molar-refractivity contribution in [3.8, 4) is 0 Å². The number of rotatable bonds is 6. The maximum atomic E-state index is 11.6. The first-order valence-corrected chi connectivity index (χ1v) is 7.30. The van der Waals surface area contributed by atoms with Crippen LogP contribution in [0.1, 0.15) is 27.2 Å². The standard InChI is InChI=1S/C14H24O9/c1-6(2)14(13(20)21)4-8(17)10(18)12(23-14)11(19)9(5-15)22-7(3)16/h6,8-12,15,17-19H,4-5H2,1-3H3,(H,20,21)/t8?,9-,10-,11-,12?,14+/m1/s1. The third-order valence-corrected chi connectivity index (χ3v) is 4.10. The van der Waals surface area contributed by atoms with Crippen molar-refractivity contribution in [2.24, 2.45) is 5.92 Å². The zero-order valence-electron chi connectivity index (χ0n) is 13.2. The van der Waals surface area contributed by atoms with Crippen molar-refractivity contribution >= 4 is 11.9 Å². The van der Waals surface area contributed by atoms with Crippen LogP contribution in [-0.2, 0) is 19.1 Å². The second-order valence-corrected chi connectivity index (χ2v) is 6.01. The molecule has 0 aromatic carbocycles. The number of carbonyl (C=O) groups excluding carboxylic acids is 1. The summed E-state index contributed by atoms with van der Waals surface area (Å²) in [5.41, 5.74) is -1.82. The van der Waals surface area contributed by atoms with E-state index < -0.39 is 60.6 Å². The van der Waals surface area contributed by atoms with Crippen LogP contribution in [0.2, 0.25) is 0 Å². The number of carboxylic acids is 1. The molecule has 134 valence electrons. The van der Waals surface area contributed by atoms with Crippen LogP contribution < -0.4 is 0 Å². The Bertz CT molecular complexity index is 438. The first kappa shape index (κ1) is 19.8. The summed E-state index contributed by atoms with van der Waals surface area (Å²) in [7, 11) is 0. The first-order valence-electron chi connectivity index (χ1n) is 7.30. The van der Waals surface area contributed by atoms with Gasteiger partial charge in [-0.3, -0.25) is 4.79 Å². The maximum Gasteiger partial charge on any atom is 0.336 e. The van der Waals surface area contributed by atoms with Crippen LogP contribution in [0.4, 0.5) is 0 Å². The molecule has 1 aliphatic heterocycles. The van der Waals surface area contributed by atoms with E-state index in [0.717, 1.165) is 6.92 Å². The van der Waals surface area contributed by atoms with Crippen molar-refractivity contribution in [3.63, 3.8) is 0 Å². The Morgan fingerprint density at radius 2 is 1.91 bits per heavy atom. The second-order valence-electron chi connectivity index (χ2n) is 6.01. The lowest BCUT2D eigenvalue weighted by molar-refractivity contribution is -0.264. The minimum atomic E-state index is -1.82. The van der Waals surface area contributed by atoms with Gasteiger partial charge in [-0.2, -0.15) is 0 Å². The molecule has 2 unspecified atom stereocenters. The van der Waals surface area contributed by atoms with Crippen LogP contribution >= 0.6 is 0 Å². The van der Waals surface area contributed by atoms with Crippen molar-refractivity contribution in [1.82, 2.24) is 0 Å². The molecule has 1 saturated heterocycles. The molecular formula is C14H24O9. The van der Waals surface area contributed by atoms with Gasteiger partial charge in [0.1, 0.15) is 18.3 Å². The quantitative estimate of drug-likeness (QED) is 0.356. The molecule has 0 amide bonds. The Kier molecular flexibility index (Phi) is 6.49. The van der Waals surface area contributed by atoms with Crippen molar-refractivity contribution in [3.05, 3.63) is 0 Å². The average Bonchev–Trinajstić information content (AvgIpc) is 2.45. The highest BCUT2D eigenvalue weighted by Gasteiger charge is 2.55.